The van der Waals surface area contributed by atoms with Gasteiger partial charge in [-0.05, 0) is 30.3 Å². The SMILES string of the molecule is CCN(CC)S(=O)(=O)c1cc(C(=O)N2CCN(Cc3ccccn3)CC2)ccc1Cl. The van der Waals surface area contributed by atoms with Gasteiger partial charge in [-0.3, -0.25) is 14.7 Å². The van der Waals surface area contributed by atoms with E-state index >= 15 is 0 Å². The minimum absolute atomic E-state index is 0.0208. The first-order chi connectivity index (χ1) is 14.4. The van der Waals surface area contributed by atoms with Crippen LogP contribution in [-0.2, 0) is 16.6 Å². The van der Waals surface area contributed by atoms with Crippen LogP contribution in [0.2, 0.25) is 5.02 Å². The maximum absolute atomic E-state index is 13.0. The Morgan fingerprint density at radius 2 is 1.80 bits per heavy atom. The average molecular weight is 451 g/mol. The zero-order valence-electron chi connectivity index (χ0n) is 17.3. The Bertz CT molecular complexity index is 973. The van der Waals surface area contributed by atoms with Crippen molar-refractivity contribution in [3.05, 3.63) is 58.9 Å². The van der Waals surface area contributed by atoms with Crippen molar-refractivity contribution in [3.8, 4) is 0 Å². The predicted molar refractivity (Wildman–Crippen MR) is 117 cm³/mol. The third-order valence-electron chi connectivity index (χ3n) is 5.27. The fourth-order valence-corrected chi connectivity index (χ4v) is 5.51. The largest absolute Gasteiger partial charge is 0.336 e. The molecule has 0 saturated carbocycles. The number of rotatable bonds is 7. The average Bonchev–Trinajstić information content (AvgIpc) is 2.75. The van der Waals surface area contributed by atoms with Gasteiger partial charge in [0.25, 0.3) is 5.91 Å². The molecule has 0 radical (unpaired) electrons. The van der Waals surface area contributed by atoms with Crippen LogP contribution < -0.4 is 0 Å². The number of nitrogens with zero attached hydrogens (tertiary/aromatic N) is 4. The van der Waals surface area contributed by atoms with Crippen molar-refractivity contribution in [1.29, 1.82) is 0 Å². The molecule has 2 aromatic rings. The number of hydrogen-bond donors (Lipinski definition) is 0. The molecular weight excluding hydrogens is 424 g/mol. The van der Waals surface area contributed by atoms with E-state index in [2.05, 4.69) is 9.88 Å². The second-order valence-corrected chi connectivity index (χ2v) is 9.44. The minimum atomic E-state index is -3.75. The summed E-state index contributed by atoms with van der Waals surface area (Å²) in [5.74, 6) is -0.180. The zero-order chi connectivity index (χ0) is 21.7. The Morgan fingerprint density at radius 3 is 2.40 bits per heavy atom. The summed E-state index contributed by atoms with van der Waals surface area (Å²) in [6.45, 7) is 7.59. The van der Waals surface area contributed by atoms with Crippen LogP contribution >= 0.6 is 11.6 Å². The highest BCUT2D eigenvalue weighted by Crippen LogP contribution is 2.26. The summed E-state index contributed by atoms with van der Waals surface area (Å²) in [5, 5.41) is 0.124. The van der Waals surface area contributed by atoms with Gasteiger partial charge in [-0.25, -0.2) is 8.42 Å². The van der Waals surface area contributed by atoms with E-state index in [0.717, 1.165) is 25.3 Å². The first kappa shape index (κ1) is 22.7. The Balaban J connectivity index is 1.71. The molecule has 0 N–H and O–H groups in total. The van der Waals surface area contributed by atoms with Crippen LogP contribution in [0.4, 0.5) is 0 Å². The number of carbonyl (C=O) groups is 1. The van der Waals surface area contributed by atoms with Gasteiger partial charge >= 0.3 is 0 Å². The van der Waals surface area contributed by atoms with Gasteiger partial charge in [0.1, 0.15) is 4.90 Å². The molecule has 1 fully saturated rings. The topological polar surface area (TPSA) is 73.8 Å². The van der Waals surface area contributed by atoms with Crippen LogP contribution in [0.5, 0.6) is 0 Å². The lowest BCUT2D eigenvalue weighted by Crippen LogP contribution is -2.48. The van der Waals surface area contributed by atoms with Crippen molar-refractivity contribution in [2.24, 2.45) is 0 Å². The van der Waals surface area contributed by atoms with E-state index in [0.29, 0.717) is 31.7 Å². The van der Waals surface area contributed by atoms with E-state index in [1.54, 1.807) is 31.0 Å². The molecule has 0 unspecified atom stereocenters. The lowest BCUT2D eigenvalue weighted by Gasteiger charge is -2.34. The fourth-order valence-electron chi connectivity index (χ4n) is 3.55. The normalized spacial score (nSPS) is 15.5. The summed E-state index contributed by atoms with van der Waals surface area (Å²) < 4.78 is 27.1. The second kappa shape index (κ2) is 9.87. The smallest absolute Gasteiger partial charge is 0.253 e. The highest BCUT2D eigenvalue weighted by Gasteiger charge is 2.27. The van der Waals surface area contributed by atoms with Gasteiger partial charge in [-0.15, -0.1) is 0 Å². The van der Waals surface area contributed by atoms with Crippen molar-refractivity contribution < 1.29 is 13.2 Å². The first-order valence-corrected chi connectivity index (χ1v) is 11.9. The van der Waals surface area contributed by atoms with Crippen molar-refractivity contribution in [1.82, 2.24) is 19.1 Å². The Kier molecular flexibility index (Phi) is 7.46. The van der Waals surface area contributed by atoms with Gasteiger partial charge in [-0.1, -0.05) is 31.5 Å². The van der Waals surface area contributed by atoms with E-state index < -0.39 is 10.0 Å². The van der Waals surface area contributed by atoms with Crippen molar-refractivity contribution in [2.75, 3.05) is 39.3 Å². The van der Waals surface area contributed by atoms with Crippen LogP contribution in [-0.4, -0.2) is 72.7 Å². The number of sulfonamides is 1. The fraction of sp³-hybridized carbons (Fsp3) is 0.429. The molecule has 0 atom stereocenters. The van der Waals surface area contributed by atoms with E-state index in [9.17, 15) is 13.2 Å². The van der Waals surface area contributed by atoms with Gasteiger partial charge in [0.2, 0.25) is 10.0 Å². The molecule has 7 nitrogen and oxygen atoms in total. The summed E-state index contributed by atoms with van der Waals surface area (Å²) in [7, 11) is -3.75. The van der Waals surface area contributed by atoms with E-state index in [4.69, 9.17) is 11.6 Å². The molecule has 162 valence electrons. The summed E-state index contributed by atoms with van der Waals surface area (Å²) in [6, 6.07) is 10.3. The second-order valence-electron chi connectivity index (χ2n) is 7.12. The van der Waals surface area contributed by atoms with Crippen molar-refractivity contribution in [2.45, 2.75) is 25.3 Å². The van der Waals surface area contributed by atoms with E-state index in [-0.39, 0.29) is 15.8 Å². The molecule has 9 heteroatoms. The molecular formula is C21H27ClN4O3S. The Morgan fingerprint density at radius 1 is 1.10 bits per heavy atom. The minimum Gasteiger partial charge on any atom is -0.336 e. The molecule has 2 heterocycles. The van der Waals surface area contributed by atoms with Crippen molar-refractivity contribution in [3.63, 3.8) is 0 Å². The predicted octanol–water partition coefficient (Wildman–Crippen LogP) is 2.72. The number of benzene rings is 1. The van der Waals surface area contributed by atoms with E-state index in [1.807, 2.05) is 18.2 Å². The van der Waals surface area contributed by atoms with Gasteiger partial charge in [0, 0.05) is 57.6 Å². The molecule has 1 aliphatic rings. The molecule has 0 spiro atoms. The standard InChI is InChI=1S/C21H27ClN4O3S/c1-3-26(4-2)30(28,29)20-15-17(8-9-19(20)22)21(27)25-13-11-24(12-14-25)16-18-7-5-6-10-23-18/h5-10,15H,3-4,11-14,16H2,1-2H3. The van der Waals surface area contributed by atoms with Gasteiger partial charge in [0.05, 0.1) is 10.7 Å². The number of halogens is 1. The summed E-state index contributed by atoms with van der Waals surface area (Å²) in [5.41, 5.74) is 1.34. The molecule has 1 saturated heterocycles. The maximum atomic E-state index is 13.0. The first-order valence-electron chi connectivity index (χ1n) is 10.1. The van der Waals surface area contributed by atoms with Crippen LogP contribution in [0.25, 0.3) is 0 Å². The Labute approximate surface area is 183 Å². The number of carbonyl (C=O) groups excluding carboxylic acids is 1. The monoisotopic (exact) mass is 450 g/mol. The lowest BCUT2D eigenvalue weighted by atomic mass is 10.1. The molecule has 1 amide bonds. The molecule has 1 aromatic heterocycles. The lowest BCUT2D eigenvalue weighted by molar-refractivity contribution is 0.0627. The third kappa shape index (κ3) is 5.00. The van der Waals surface area contributed by atoms with Crippen LogP contribution in [0.3, 0.4) is 0 Å². The number of amides is 1. The Hall–Kier alpha value is -2.00. The van der Waals surface area contributed by atoms with Crippen LogP contribution in [0.1, 0.15) is 29.9 Å². The quantitative estimate of drug-likeness (QED) is 0.648. The molecule has 0 aliphatic carbocycles. The summed E-state index contributed by atoms with van der Waals surface area (Å²) in [6.07, 6.45) is 1.78. The number of pyridine rings is 1. The molecule has 1 aromatic carbocycles. The molecule has 0 bridgehead atoms. The third-order valence-corrected chi connectivity index (χ3v) is 7.80. The highest BCUT2D eigenvalue weighted by atomic mass is 35.5. The van der Waals surface area contributed by atoms with Gasteiger partial charge in [-0.2, -0.15) is 4.31 Å². The van der Waals surface area contributed by atoms with Gasteiger partial charge < -0.3 is 4.90 Å². The van der Waals surface area contributed by atoms with E-state index in [1.165, 1.54) is 16.4 Å². The van der Waals surface area contributed by atoms with Gasteiger partial charge in [0.15, 0.2) is 0 Å². The van der Waals surface area contributed by atoms with Crippen molar-refractivity contribution >= 4 is 27.5 Å². The number of hydrogen-bond acceptors (Lipinski definition) is 5. The molecule has 30 heavy (non-hydrogen) atoms. The summed E-state index contributed by atoms with van der Waals surface area (Å²) in [4.78, 5) is 21.3. The zero-order valence-corrected chi connectivity index (χ0v) is 18.9. The number of piperazine rings is 1. The maximum Gasteiger partial charge on any atom is 0.253 e. The highest BCUT2D eigenvalue weighted by molar-refractivity contribution is 7.89. The van der Waals surface area contributed by atoms with Crippen LogP contribution in [0.15, 0.2) is 47.5 Å². The molecule has 3 rings (SSSR count). The number of aromatic nitrogens is 1. The molecule has 1 aliphatic heterocycles. The van der Waals surface area contributed by atoms with Crippen LogP contribution in [0, 0.1) is 0 Å². The summed E-state index contributed by atoms with van der Waals surface area (Å²) >= 11 is 6.18.